The molecule has 1 aliphatic rings. The molecule has 0 bridgehead atoms. The molecule has 0 spiro atoms. The van der Waals surface area contributed by atoms with Gasteiger partial charge in [-0.25, -0.2) is 8.78 Å². The molecule has 1 aliphatic carbocycles. The third kappa shape index (κ3) is 3.64. The summed E-state index contributed by atoms with van der Waals surface area (Å²) in [5, 5.41) is 2.68. The normalized spacial score (nSPS) is 20.1. The van der Waals surface area contributed by atoms with Gasteiger partial charge in [0.25, 0.3) is 5.91 Å². The van der Waals surface area contributed by atoms with Crippen molar-refractivity contribution in [2.24, 2.45) is 5.92 Å². The quantitative estimate of drug-likeness (QED) is 0.787. The predicted molar refractivity (Wildman–Crippen MR) is 91.1 cm³/mol. The molecule has 1 fully saturated rings. The molecule has 0 aromatic heterocycles. The number of carbonyl (C=O) groups excluding carboxylic acids is 1. The number of hydrogen-bond donors (Lipinski definition) is 1. The first-order valence-corrected chi connectivity index (χ1v) is 8.44. The maximum atomic E-state index is 13.2. The minimum Gasteiger partial charge on any atom is -0.322 e. The second-order valence-corrected chi connectivity index (χ2v) is 6.44. The van der Waals surface area contributed by atoms with Crippen LogP contribution in [0.15, 0.2) is 42.5 Å². The van der Waals surface area contributed by atoms with E-state index < -0.39 is 17.5 Å². The number of nitrogens with one attached hydrogen (secondary N) is 1. The number of anilines is 1. The lowest BCUT2D eigenvalue weighted by Crippen LogP contribution is -2.12. The molecule has 2 atom stereocenters. The zero-order valence-electron chi connectivity index (χ0n) is 13.7. The molecule has 4 heteroatoms. The van der Waals surface area contributed by atoms with E-state index in [2.05, 4.69) is 12.2 Å². The van der Waals surface area contributed by atoms with Crippen LogP contribution in [0.5, 0.6) is 0 Å². The summed E-state index contributed by atoms with van der Waals surface area (Å²) in [4.78, 5) is 12.1. The smallest absolute Gasteiger partial charge is 0.255 e. The molecule has 0 heterocycles. The Morgan fingerprint density at radius 3 is 2.38 bits per heavy atom. The van der Waals surface area contributed by atoms with Gasteiger partial charge in [-0.15, -0.1) is 0 Å². The molecule has 1 N–H and O–H groups in total. The summed E-state index contributed by atoms with van der Waals surface area (Å²) in [7, 11) is 0. The average Bonchev–Trinajstić information content (AvgIpc) is 3.03. The standard InChI is InChI=1S/C20H21F2NO/c1-2-13-4-3-5-19(13)14-6-8-18(9-7-14)23-20(24)15-10-16(21)12-17(22)11-15/h6-13,19H,2-5H2,1H3,(H,23,24). The Balaban J connectivity index is 1.71. The van der Waals surface area contributed by atoms with E-state index in [0.717, 1.165) is 24.1 Å². The summed E-state index contributed by atoms with van der Waals surface area (Å²) in [6, 6.07) is 10.6. The number of carbonyl (C=O) groups is 1. The lowest BCUT2D eigenvalue weighted by molar-refractivity contribution is 0.102. The van der Waals surface area contributed by atoms with Gasteiger partial charge in [-0.3, -0.25) is 4.79 Å². The van der Waals surface area contributed by atoms with Gasteiger partial charge in [-0.05, 0) is 54.5 Å². The first-order chi connectivity index (χ1) is 11.6. The molecule has 2 unspecified atom stereocenters. The lowest BCUT2D eigenvalue weighted by atomic mass is 9.87. The maximum absolute atomic E-state index is 13.2. The van der Waals surface area contributed by atoms with Gasteiger partial charge in [0.15, 0.2) is 0 Å². The van der Waals surface area contributed by atoms with E-state index in [1.807, 2.05) is 24.3 Å². The highest BCUT2D eigenvalue weighted by molar-refractivity contribution is 6.04. The summed E-state index contributed by atoms with van der Waals surface area (Å²) in [5.74, 6) is -0.712. The summed E-state index contributed by atoms with van der Waals surface area (Å²) in [6.07, 6.45) is 4.96. The monoisotopic (exact) mass is 329 g/mol. The summed E-state index contributed by atoms with van der Waals surface area (Å²) >= 11 is 0. The maximum Gasteiger partial charge on any atom is 0.255 e. The van der Waals surface area contributed by atoms with Crippen LogP contribution >= 0.6 is 0 Å². The number of benzene rings is 2. The Morgan fingerprint density at radius 2 is 1.75 bits per heavy atom. The highest BCUT2D eigenvalue weighted by atomic mass is 19.1. The van der Waals surface area contributed by atoms with Gasteiger partial charge < -0.3 is 5.32 Å². The highest BCUT2D eigenvalue weighted by Gasteiger charge is 2.26. The summed E-state index contributed by atoms with van der Waals surface area (Å²) in [6.45, 7) is 2.23. The average molecular weight is 329 g/mol. The number of halogens is 2. The number of hydrogen-bond acceptors (Lipinski definition) is 1. The third-order valence-corrected chi connectivity index (χ3v) is 4.90. The van der Waals surface area contributed by atoms with E-state index in [0.29, 0.717) is 11.6 Å². The van der Waals surface area contributed by atoms with Crippen molar-refractivity contribution in [3.8, 4) is 0 Å². The van der Waals surface area contributed by atoms with E-state index in [9.17, 15) is 13.6 Å². The fraction of sp³-hybridized carbons (Fsp3) is 0.350. The molecular weight excluding hydrogens is 308 g/mol. The Morgan fingerprint density at radius 1 is 1.08 bits per heavy atom. The molecule has 2 aromatic rings. The molecule has 126 valence electrons. The first kappa shape index (κ1) is 16.6. The molecule has 0 aliphatic heterocycles. The van der Waals surface area contributed by atoms with E-state index >= 15 is 0 Å². The largest absolute Gasteiger partial charge is 0.322 e. The van der Waals surface area contributed by atoms with E-state index in [1.165, 1.54) is 31.2 Å². The Labute approximate surface area is 140 Å². The molecule has 3 rings (SSSR count). The SMILES string of the molecule is CCC1CCCC1c1ccc(NC(=O)c2cc(F)cc(F)c2)cc1. The van der Waals surface area contributed by atoms with E-state index in [4.69, 9.17) is 0 Å². The van der Waals surface area contributed by atoms with Gasteiger partial charge in [-0.2, -0.15) is 0 Å². The first-order valence-electron chi connectivity index (χ1n) is 8.44. The van der Waals surface area contributed by atoms with Gasteiger partial charge in [0.2, 0.25) is 0 Å². The topological polar surface area (TPSA) is 29.1 Å². The molecule has 24 heavy (non-hydrogen) atoms. The summed E-state index contributed by atoms with van der Waals surface area (Å²) in [5.41, 5.74) is 1.90. The van der Waals surface area contributed by atoms with Gasteiger partial charge in [0, 0.05) is 17.3 Å². The fourth-order valence-corrected chi connectivity index (χ4v) is 3.67. The van der Waals surface area contributed by atoms with Gasteiger partial charge in [0.1, 0.15) is 11.6 Å². The van der Waals surface area contributed by atoms with Crippen LogP contribution in [0.3, 0.4) is 0 Å². The lowest BCUT2D eigenvalue weighted by Gasteiger charge is -2.18. The predicted octanol–water partition coefficient (Wildman–Crippen LogP) is 5.51. The van der Waals surface area contributed by atoms with Crippen molar-refractivity contribution in [2.75, 3.05) is 5.32 Å². The van der Waals surface area contributed by atoms with Crippen LogP contribution < -0.4 is 5.32 Å². The van der Waals surface area contributed by atoms with Crippen molar-refractivity contribution in [1.82, 2.24) is 0 Å². The molecule has 2 aromatic carbocycles. The van der Waals surface area contributed by atoms with Crippen LogP contribution in [0.4, 0.5) is 14.5 Å². The van der Waals surface area contributed by atoms with Crippen molar-refractivity contribution in [1.29, 1.82) is 0 Å². The van der Waals surface area contributed by atoms with Crippen LogP contribution in [-0.2, 0) is 0 Å². The second-order valence-electron chi connectivity index (χ2n) is 6.44. The Hall–Kier alpha value is -2.23. The zero-order chi connectivity index (χ0) is 17.1. The van der Waals surface area contributed by atoms with Crippen molar-refractivity contribution >= 4 is 11.6 Å². The second kappa shape index (κ2) is 7.12. The van der Waals surface area contributed by atoms with Crippen LogP contribution in [0, 0.1) is 17.6 Å². The number of amides is 1. The third-order valence-electron chi connectivity index (χ3n) is 4.90. The molecule has 1 amide bonds. The zero-order valence-corrected chi connectivity index (χ0v) is 13.7. The highest BCUT2D eigenvalue weighted by Crippen LogP contribution is 2.41. The van der Waals surface area contributed by atoms with Crippen LogP contribution in [-0.4, -0.2) is 5.91 Å². The Bertz CT molecular complexity index is 707. The molecule has 0 radical (unpaired) electrons. The van der Waals surface area contributed by atoms with Crippen molar-refractivity contribution in [2.45, 2.75) is 38.5 Å². The fourth-order valence-electron chi connectivity index (χ4n) is 3.67. The van der Waals surface area contributed by atoms with Gasteiger partial charge in [-0.1, -0.05) is 31.9 Å². The molecule has 0 saturated heterocycles. The van der Waals surface area contributed by atoms with Gasteiger partial charge >= 0.3 is 0 Å². The van der Waals surface area contributed by atoms with Gasteiger partial charge in [0.05, 0.1) is 0 Å². The minimum absolute atomic E-state index is 0.0292. The summed E-state index contributed by atoms with van der Waals surface area (Å²) < 4.78 is 26.4. The number of rotatable bonds is 4. The van der Waals surface area contributed by atoms with Crippen LogP contribution in [0.25, 0.3) is 0 Å². The molecular formula is C20H21F2NO. The van der Waals surface area contributed by atoms with Crippen LogP contribution in [0.1, 0.15) is 54.4 Å². The molecule has 1 saturated carbocycles. The Kier molecular flexibility index (Phi) is 4.93. The van der Waals surface area contributed by atoms with Crippen molar-refractivity contribution in [3.63, 3.8) is 0 Å². The van der Waals surface area contributed by atoms with E-state index in [-0.39, 0.29) is 5.56 Å². The van der Waals surface area contributed by atoms with Crippen LogP contribution in [0.2, 0.25) is 0 Å². The van der Waals surface area contributed by atoms with Crippen molar-refractivity contribution < 1.29 is 13.6 Å². The van der Waals surface area contributed by atoms with Crippen molar-refractivity contribution in [3.05, 3.63) is 65.2 Å². The molecule has 2 nitrogen and oxygen atoms in total. The minimum atomic E-state index is -0.762. The van der Waals surface area contributed by atoms with E-state index in [1.54, 1.807) is 0 Å².